The van der Waals surface area contributed by atoms with Gasteiger partial charge in [0.15, 0.2) is 0 Å². The molecule has 0 heterocycles. The molecule has 2 N–H and O–H groups in total. The number of halogens is 1. The van der Waals surface area contributed by atoms with Crippen LogP contribution in [-0.4, -0.2) is 19.0 Å². The average molecular weight is 327 g/mol. The van der Waals surface area contributed by atoms with Crippen LogP contribution >= 0.6 is 15.9 Å². The normalized spacial score (nSPS) is 10.8. The zero-order chi connectivity index (χ0) is 14.3. The molecule has 0 spiro atoms. The van der Waals surface area contributed by atoms with Gasteiger partial charge in [-0.3, -0.25) is 4.79 Å². The van der Waals surface area contributed by atoms with Crippen molar-refractivity contribution in [3.05, 3.63) is 28.2 Å². The number of benzene rings is 1. The van der Waals surface area contributed by atoms with Crippen molar-refractivity contribution >= 4 is 27.5 Å². The summed E-state index contributed by atoms with van der Waals surface area (Å²) in [4.78, 5) is 11.7. The van der Waals surface area contributed by atoms with Gasteiger partial charge in [-0.1, -0.05) is 35.8 Å². The first-order valence-corrected chi connectivity index (χ1v) is 7.55. The quantitative estimate of drug-likeness (QED) is 0.750. The lowest BCUT2D eigenvalue weighted by molar-refractivity contribution is -0.116. The highest BCUT2D eigenvalue weighted by Gasteiger charge is 2.03. The van der Waals surface area contributed by atoms with E-state index in [2.05, 4.69) is 40.4 Å². The molecule has 0 aliphatic rings. The standard InChI is InChI=1S/C15H23BrN2O/c1-11(2)6-8-17-9-7-15(19)18-13-5-4-12(3)14(16)10-13/h4-5,10-11,17H,6-9H2,1-3H3,(H,18,19). The molecular formula is C15H23BrN2O. The number of amides is 1. The largest absolute Gasteiger partial charge is 0.326 e. The molecule has 1 aromatic rings. The Kier molecular flexibility index (Phi) is 7.10. The number of carbonyl (C=O) groups excluding carboxylic acids is 1. The summed E-state index contributed by atoms with van der Waals surface area (Å²) in [5.41, 5.74) is 2.00. The lowest BCUT2D eigenvalue weighted by atomic mass is 10.1. The molecule has 19 heavy (non-hydrogen) atoms. The minimum atomic E-state index is 0.0489. The van der Waals surface area contributed by atoms with Gasteiger partial charge in [-0.25, -0.2) is 0 Å². The third-order valence-electron chi connectivity index (χ3n) is 2.88. The first-order valence-electron chi connectivity index (χ1n) is 6.75. The Morgan fingerprint density at radius 1 is 1.32 bits per heavy atom. The van der Waals surface area contributed by atoms with Crippen LogP contribution in [0.15, 0.2) is 22.7 Å². The Hall–Kier alpha value is -0.870. The molecule has 0 aliphatic heterocycles. The van der Waals surface area contributed by atoms with Gasteiger partial charge in [0, 0.05) is 23.1 Å². The van der Waals surface area contributed by atoms with Crippen molar-refractivity contribution in [3.63, 3.8) is 0 Å². The Labute approximate surface area is 124 Å². The van der Waals surface area contributed by atoms with E-state index in [1.807, 2.05) is 25.1 Å². The van der Waals surface area contributed by atoms with Crippen LogP contribution in [-0.2, 0) is 4.79 Å². The van der Waals surface area contributed by atoms with Gasteiger partial charge < -0.3 is 10.6 Å². The van der Waals surface area contributed by atoms with Crippen LogP contribution in [0.5, 0.6) is 0 Å². The van der Waals surface area contributed by atoms with Crippen LogP contribution < -0.4 is 10.6 Å². The molecule has 1 rings (SSSR count). The van der Waals surface area contributed by atoms with Gasteiger partial charge in [-0.2, -0.15) is 0 Å². The zero-order valence-corrected chi connectivity index (χ0v) is 13.5. The second-order valence-corrected chi connectivity index (χ2v) is 6.05. The topological polar surface area (TPSA) is 41.1 Å². The highest BCUT2D eigenvalue weighted by molar-refractivity contribution is 9.10. The van der Waals surface area contributed by atoms with Crippen molar-refractivity contribution < 1.29 is 4.79 Å². The molecule has 0 saturated heterocycles. The summed E-state index contributed by atoms with van der Waals surface area (Å²) in [6, 6.07) is 5.84. The molecule has 0 bridgehead atoms. The van der Waals surface area contributed by atoms with E-state index in [0.717, 1.165) is 35.2 Å². The first kappa shape index (κ1) is 16.2. The minimum absolute atomic E-state index is 0.0489. The van der Waals surface area contributed by atoms with Crippen LogP contribution in [0, 0.1) is 12.8 Å². The number of aryl methyl sites for hydroxylation is 1. The number of hydrogen-bond donors (Lipinski definition) is 2. The molecule has 3 nitrogen and oxygen atoms in total. The zero-order valence-electron chi connectivity index (χ0n) is 11.9. The molecule has 0 aromatic heterocycles. The summed E-state index contributed by atoms with van der Waals surface area (Å²) in [5, 5.41) is 6.18. The predicted molar refractivity (Wildman–Crippen MR) is 84.5 cm³/mol. The molecule has 0 saturated carbocycles. The van der Waals surface area contributed by atoms with Gasteiger partial charge in [0.1, 0.15) is 0 Å². The fraction of sp³-hybridized carbons (Fsp3) is 0.533. The number of anilines is 1. The number of rotatable bonds is 7. The van der Waals surface area contributed by atoms with Crippen molar-refractivity contribution in [2.45, 2.75) is 33.6 Å². The summed E-state index contributed by atoms with van der Waals surface area (Å²) < 4.78 is 1.01. The van der Waals surface area contributed by atoms with E-state index in [1.54, 1.807) is 0 Å². The molecule has 1 amide bonds. The SMILES string of the molecule is Cc1ccc(NC(=O)CCNCCC(C)C)cc1Br. The third-order valence-corrected chi connectivity index (χ3v) is 3.74. The summed E-state index contributed by atoms with van der Waals surface area (Å²) in [7, 11) is 0. The fourth-order valence-corrected chi connectivity index (χ4v) is 1.99. The molecule has 0 unspecified atom stereocenters. The fourth-order valence-electron chi connectivity index (χ4n) is 1.61. The van der Waals surface area contributed by atoms with Gasteiger partial charge in [0.25, 0.3) is 0 Å². The van der Waals surface area contributed by atoms with Crippen molar-refractivity contribution in [1.82, 2.24) is 5.32 Å². The maximum atomic E-state index is 11.7. The lowest BCUT2D eigenvalue weighted by Gasteiger charge is -2.08. The monoisotopic (exact) mass is 326 g/mol. The summed E-state index contributed by atoms with van der Waals surface area (Å²) in [5.74, 6) is 0.749. The summed E-state index contributed by atoms with van der Waals surface area (Å²) >= 11 is 3.46. The maximum absolute atomic E-state index is 11.7. The molecule has 0 radical (unpaired) electrons. The van der Waals surface area contributed by atoms with Crippen molar-refractivity contribution in [2.24, 2.45) is 5.92 Å². The molecule has 1 aromatic carbocycles. The number of nitrogens with one attached hydrogen (secondary N) is 2. The Morgan fingerprint density at radius 2 is 2.05 bits per heavy atom. The van der Waals surface area contributed by atoms with E-state index in [4.69, 9.17) is 0 Å². The molecule has 0 atom stereocenters. The molecular weight excluding hydrogens is 304 g/mol. The van der Waals surface area contributed by atoms with Crippen LogP contribution in [0.2, 0.25) is 0 Å². The molecule has 4 heteroatoms. The average Bonchev–Trinajstić information content (AvgIpc) is 2.33. The Balaban J connectivity index is 2.25. The van der Waals surface area contributed by atoms with Crippen molar-refractivity contribution in [2.75, 3.05) is 18.4 Å². The number of carbonyl (C=O) groups is 1. The lowest BCUT2D eigenvalue weighted by Crippen LogP contribution is -2.23. The minimum Gasteiger partial charge on any atom is -0.326 e. The van der Waals surface area contributed by atoms with Gasteiger partial charge in [-0.15, -0.1) is 0 Å². The van der Waals surface area contributed by atoms with E-state index >= 15 is 0 Å². The van der Waals surface area contributed by atoms with E-state index in [-0.39, 0.29) is 5.91 Å². The highest BCUT2D eigenvalue weighted by Crippen LogP contribution is 2.20. The molecule has 0 aliphatic carbocycles. The van der Waals surface area contributed by atoms with Gasteiger partial charge in [-0.05, 0) is 43.5 Å². The Bertz CT molecular complexity index is 419. The van der Waals surface area contributed by atoms with E-state index < -0.39 is 0 Å². The first-order chi connectivity index (χ1) is 8.99. The van der Waals surface area contributed by atoms with Crippen LogP contribution in [0.3, 0.4) is 0 Å². The molecule has 0 fully saturated rings. The second-order valence-electron chi connectivity index (χ2n) is 5.19. The van der Waals surface area contributed by atoms with Crippen LogP contribution in [0.1, 0.15) is 32.3 Å². The summed E-state index contributed by atoms with van der Waals surface area (Å²) in [6.45, 7) is 8.12. The second kappa shape index (κ2) is 8.33. The predicted octanol–water partition coefficient (Wildman–Crippen LogP) is 3.72. The van der Waals surface area contributed by atoms with Gasteiger partial charge >= 0.3 is 0 Å². The maximum Gasteiger partial charge on any atom is 0.225 e. The van der Waals surface area contributed by atoms with Gasteiger partial charge in [0.2, 0.25) is 5.91 Å². The summed E-state index contributed by atoms with van der Waals surface area (Å²) in [6.07, 6.45) is 1.65. The molecule has 106 valence electrons. The van der Waals surface area contributed by atoms with Crippen LogP contribution in [0.25, 0.3) is 0 Å². The van der Waals surface area contributed by atoms with Crippen molar-refractivity contribution in [3.8, 4) is 0 Å². The third kappa shape index (κ3) is 6.73. The van der Waals surface area contributed by atoms with Crippen molar-refractivity contribution in [1.29, 1.82) is 0 Å². The number of hydrogen-bond acceptors (Lipinski definition) is 2. The smallest absolute Gasteiger partial charge is 0.225 e. The van der Waals surface area contributed by atoms with E-state index in [0.29, 0.717) is 12.3 Å². The highest BCUT2D eigenvalue weighted by atomic mass is 79.9. The van der Waals surface area contributed by atoms with Crippen LogP contribution in [0.4, 0.5) is 5.69 Å². The van der Waals surface area contributed by atoms with Gasteiger partial charge in [0.05, 0.1) is 0 Å². The van der Waals surface area contributed by atoms with E-state index in [9.17, 15) is 4.79 Å². The van der Waals surface area contributed by atoms with E-state index in [1.165, 1.54) is 0 Å². The Morgan fingerprint density at radius 3 is 2.68 bits per heavy atom.